The predicted octanol–water partition coefficient (Wildman–Crippen LogP) is 4.34. The molecule has 1 N–H and O–H groups in total. The summed E-state index contributed by atoms with van der Waals surface area (Å²) in [6.07, 6.45) is -3.94. The van der Waals surface area contributed by atoms with Gasteiger partial charge in [-0.15, -0.1) is 0 Å². The Labute approximate surface area is 142 Å². The van der Waals surface area contributed by atoms with Gasteiger partial charge < -0.3 is 10.1 Å². The summed E-state index contributed by atoms with van der Waals surface area (Å²) in [5.74, 6) is 0.216. The van der Waals surface area contributed by atoms with Crippen molar-refractivity contribution in [2.24, 2.45) is 0 Å². The summed E-state index contributed by atoms with van der Waals surface area (Å²) in [5, 5.41) is 3.21. The Morgan fingerprint density at radius 3 is 2.42 bits per heavy atom. The second kappa shape index (κ2) is 7.57. The van der Waals surface area contributed by atoms with Gasteiger partial charge >= 0.3 is 6.18 Å². The fourth-order valence-electron chi connectivity index (χ4n) is 2.17. The average Bonchev–Trinajstić information content (AvgIpc) is 2.54. The summed E-state index contributed by atoms with van der Waals surface area (Å²) in [6, 6.07) is 9.24. The molecule has 0 aliphatic carbocycles. The van der Waals surface area contributed by atoms with Crippen LogP contribution in [0.4, 0.5) is 13.2 Å². The van der Waals surface area contributed by atoms with Crippen molar-refractivity contribution in [2.45, 2.75) is 12.6 Å². The first kappa shape index (κ1) is 18.1. The Bertz CT molecular complexity index is 715. The molecule has 0 spiro atoms. The van der Waals surface area contributed by atoms with Gasteiger partial charge in [-0.25, -0.2) is 0 Å². The molecule has 0 heterocycles. The molecule has 0 saturated heterocycles. The summed E-state index contributed by atoms with van der Waals surface area (Å²) >= 11 is 5.93. The fraction of sp³-hybridized carbons (Fsp3) is 0.235. The lowest BCUT2D eigenvalue weighted by molar-refractivity contribution is -0.137. The third kappa shape index (κ3) is 4.64. The number of hydrogen-bond acceptors (Lipinski definition) is 2. The van der Waals surface area contributed by atoms with E-state index in [0.717, 1.165) is 29.8 Å². The molecule has 0 aliphatic rings. The first-order chi connectivity index (χ1) is 11.3. The first-order valence-corrected chi connectivity index (χ1v) is 7.47. The maximum Gasteiger partial charge on any atom is 0.416 e. The molecular formula is C17H15ClF3NO2. The van der Waals surface area contributed by atoms with Crippen LogP contribution in [0.5, 0.6) is 5.75 Å². The SMILES string of the molecule is COc1ccc(Cl)cc1CCNC(=O)c1ccc(C(F)(F)F)cc1. The van der Waals surface area contributed by atoms with E-state index < -0.39 is 17.6 Å². The molecule has 0 bridgehead atoms. The van der Waals surface area contributed by atoms with Crippen molar-refractivity contribution < 1.29 is 22.7 Å². The molecule has 0 atom stereocenters. The van der Waals surface area contributed by atoms with Gasteiger partial charge in [0.2, 0.25) is 0 Å². The molecule has 2 rings (SSSR count). The molecule has 2 aromatic rings. The number of hydrogen-bond donors (Lipinski definition) is 1. The van der Waals surface area contributed by atoms with Crippen LogP contribution >= 0.6 is 11.6 Å². The number of alkyl halides is 3. The van der Waals surface area contributed by atoms with Crippen molar-refractivity contribution in [1.82, 2.24) is 5.32 Å². The van der Waals surface area contributed by atoms with Crippen LogP contribution in [-0.2, 0) is 12.6 Å². The van der Waals surface area contributed by atoms with Gasteiger partial charge in [0.15, 0.2) is 0 Å². The second-order valence-corrected chi connectivity index (χ2v) is 5.47. The van der Waals surface area contributed by atoms with Gasteiger partial charge in [0.25, 0.3) is 5.91 Å². The zero-order valence-electron chi connectivity index (χ0n) is 12.8. The molecule has 0 fully saturated rings. The van der Waals surface area contributed by atoms with Crippen LogP contribution in [0, 0.1) is 0 Å². The van der Waals surface area contributed by atoms with Crippen molar-refractivity contribution in [3.8, 4) is 5.75 Å². The second-order valence-electron chi connectivity index (χ2n) is 5.04. The van der Waals surface area contributed by atoms with Gasteiger partial charge in [0.05, 0.1) is 12.7 Å². The van der Waals surface area contributed by atoms with Crippen LogP contribution in [0.3, 0.4) is 0 Å². The Balaban J connectivity index is 1.95. The Morgan fingerprint density at radius 1 is 1.17 bits per heavy atom. The normalized spacial score (nSPS) is 11.2. The number of halogens is 4. The van der Waals surface area contributed by atoms with Crippen LogP contribution in [-0.4, -0.2) is 19.6 Å². The van der Waals surface area contributed by atoms with Gasteiger partial charge in [-0.05, 0) is 54.4 Å². The van der Waals surface area contributed by atoms with Gasteiger partial charge in [-0.1, -0.05) is 11.6 Å². The van der Waals surface area contributed by atoms with Crippen LogP contribution in [0.25, 0.3) is 0 Å². The smallest absolute Gasteiger partial charge is 0.416 e. The highest BCUT2D eigenvalue weighted by Crippen LogP contribution is 2.29. The van der Waals surface area contributed by atoms with Crippen molar-refractivity contribution >= 4 is 17.5 Å². The topological polar surface area (TPSA) is 38.3 Å². The molecule has 7 heteroatoms. The number of carbonyl (C=O) groups is 1. The predicted molar refractivity (Wildman–Crippen MR) is 85.5 cm³/mol. The largest absolute Gasteiger partial charge is 0.496 e. The molecule has 0 aliphatic heterocycles. The van der Waals surface area contributed by atoms with E-state index in [2.05, 4.69) is 5.32 Å². The van der Waals surface area contributed by atoms with Crippen LogP contribution in [0.15, 0.2) is 42.5 Å². The minimum absolute atomic E-state index is 0.168. The summed E-state index contributed by atoms with van der Waals surface area (Å²) in [6.45, 7) is 0.302. The maximum atomic E-state index is 12.5. The molecule has 3 nitrogen and oxygen atoms in total. The van der Waals surface area contributed by atoms with Crippen molar-refractivity contribution in [1.29, 1.82) is 0 Å². The van der Waals surface area contributed by atoms with E-state index in [1.807, 2.05) is 0 Å². The summed E-state index contributed by atoms with van der Waals surface area (Å²) < 4.78 is 42.7. The minimum atomic E-state index is -4.42. The van der Waals surface area contributed by atoms with Crippen molar-refractivity contribution in [3.63, 3.8) is 0 Å². The molecule has 2 aromatic carbocycles. The highest BCUT2D eigenvalue weighted by molar-refractivity contribution is 6.30. The zero-order valence-corrected chi connectivity index (χ0v) is 13.5. The highest BCUT2D eigenvalue weighted by atomic mass is 35.5. The van der Waals surface area contributed by atoms with Gasteiger partial charge in [0.1, 0.15) is 5.75 Å². The fourth-order valence-corrected chi connectivity index (χ4v) is 2.36. The van der Waals surface area contributed by atoms with Gasteiger partial charge in [-0.3, -0.25) is 4.79 Å². The Hall–Kier alpha value is -2.21. The summed E-state index contributed by atoms with van der Waals surface area (Å²) in [5.41, 5.74) is 0.210. The van der Waals surface area contributed by atoms with E-state index in [9.17, 15) is 18.0 Å². The van der Waals surface area contributed by atoms with Gasteiger partial charge in [-0.2, -0.15) is 13.2 Å². The maximum absolute atomic E-state index is 12.5. The van der Waals surface area contributed by atoms with Crippen LogP contribution < -0.4 is 10.1 Å². The number of benzene rings is 2. The zero-order chi connectivity index (χ0) is 17.7. The minimum Gasteiger partial charge on any atom is -0.496 e. The van der Waals surface area contributed by atoms with E-state index >= 15 is 0 Å². The third-order valence-corrected chi connectivity index (χ3v) is 3.63. The first-order valence-electron chi connectivity index (χ1n) is 7.09. The van der Waals surface area contributed by atoms with Crippen molar-refractivity contribution in [3.05, 3.63) is 64.2 Å². The number of rotatable bonds is 5. The number of ether oxygens (including phenoxy) is 1. The molecule has 0 radical (unpaired) electrons. The molecule has 1 amide bonds. The lowest BCUT2D eigenvalue weighted by atomic mass is 10.1. The summed E-state index contributed by atoms with van der Waals surface area (Å²) in [4.78, 5) is 12.0. The molecule has 0 aromatic heterocycles. The van der Waals surface area contributed by atoms with E-state index in [1.165, 1.54) is 7.11 Å². The van der Waals surface area contributed by atoms with E-state index in [4.69, 9.17) is 16.3 Å². The number of amides is 1. The molecule has 128 valence electrons. The molecule has 0 unspecified atom stereocenters. The van der Waals surface area contributed by atoms with Gasteiger partial charge in [0, 0.05) is 17.1 Å². The van der Waals surface area contributed by atoms with Crippen LogP contribution in [0.2, 0.25) is 5.02 Å². The average molecular weight is 358 g/mol. The molecular weight excluding hydrogens is 343 g/mol. The van der Waals surface area contributed by atoms with E-state index in [1.54, 1.807) is 18.2 Å². The molecule has 24 heavy (non-hydrogen) atoms. The Morgan fingerprint density at radius 2 is 1.83 bits per heavy atom. The summed E-state index contributed by atoms with van der Waals surface area (Å²) in [7, 11) is 1.54. The van der Waals surface area contributed by atoms with Crippen LogP contribution in [0.1, 0.15) is 21.5 Å². The van der Waals surface area contributed by atoms with E-state index in [0.29, 0.717) is 23.7 Å². The van der Waals surface area contributed by atoms with Crippen molar-refractivity contribution in [2.75, 3.05) is 13.7 Å². The Kier molecular flexibility index (Phi) is 5.72. The monoisotopic (exact) mass is 357 g/mol. The standard InChI is InChI=1S/C17H15ClF3NO2/c1-24-15-7-6-14(18)10-12(15)8-9-22-16(23)11-2-4-13(5-3-11)17(19,20)21/h2-7,10H,8-9H2,1H3,(H,22,23). The highest BCUT2D eigenvalue weighted by Gasteiger charge is 2.30. The number of methoxy groups -OCH3 is 1. The molecule has 0 saturated carbocycles. The lowest BCUT2D eigenvalue weighted by Gasteiger charge is -2.10. The quantitative estimate of drug-likeness (QED) is 0.864. The third-order valence-electron chi connectivity index (χ3n) is 3.40. The number of carbonyl (C=O) groups excluding carboxylic acids is 1. The number of nitrogens with one attached hydrogen (secondary N) is 1. The van der Waals surface area contributed by atoms with E-state index in [-0.39, 0.29) is 5.56 Å². The lowest BCUT2D eigenvalue weighted by Crippen LogP contribution is -2.25.